The summed E-state index contributed by atoms with van der Waals surface area (Å²) in [5.41, 5.74) is 3.36. The van der Waals surface area contributed by atoms with Crippen molar-refractivity contribution in [1.82, 2.24) is 10.2 Å². The number of carbonyl (C=O) groups excluding carboxylic acids is 1. The second kappa shape index (κ2) is 6.16. The van der Waals surface area contributed by atoms with Crippen LogP contribution in [0.5, 0.6) is 0 Å². The normalized spacial score (nSPS) is 25.0. The smallest absolute Gasteiger partial charge is 0.238 e. The largest absolute Gasteiger partial charge is 0.324 e. The summed E-state index contributed by atoms with van der Waals surface area (Å²) < 4.78 is 0. The van der Waals surface area contributed by atoms with Gasteiger partial charge in [-0.25, -0.2) is 0 Å². The zero-order valence-corrected chi connectivity index (χ0v) is 13.0. The molecule has 0 bridgehead atoms. The highest BCUT2D eigenvalue weighted by atomic mass is 16.2. The molecule has 0 spiro atoms. The second-order valence-corrected chi connectivity index (χ2v) is 6.38. The minimum absolute atomic E-state index is 0.118. The van der Waals surface area contributed by atoms with Gasteiger partial charge in [-0.3, -0.25) is 9.69 Å². The Labute approximate surface area is 126 Å². The van der Waals surface area contributed by atoms with E-state index in [-0.39, 0.29) is 5.91 Å². The topological polar surface area (TPSA) is 44.4 Å². The van der Waals surface area contributed by atoms with Gasteiger partial charge in [0.2, 0.25) is 5.91 Å². The van der Waals surface area contributed by atoms with Crippen LogP contribution in [-0.2, 0) is 11.2 Å². The van der Waals surface area contributed by atoms with E-state index in [4.69, 9.17) is 0 Å². The van der Waals surface area contributed by atoms with Gasteiger partial charge in [-0.2, -0.15) is 0 Å². The molecule has 114 valence electrons. The molecule has 2 N–H and O–H groups in total. The Morgan fingerprint density at radius 2 is 2.05 bits per heavy atom. The van der Waals surface area contributed by atoms with E-state index in [0.29, 0.717) is 6.54 Å². The van der Waals surface area contributed by atoms with Gasteiger partial charge < -0.3 is 10.6 Å². The summed E-state index contributed by atoms with van der Waals surface area (Å²) >= 11 is 0. The van der Waals surface area contributed by atoms with E-state index < -0.39 is 0 Å². The van der Waals surface area contributed by atoms with Crippen molar-refractivity contribution in [2.75, 3.05) is 38.0 Å². The van der Waals surface area contributed by atoms with Gasteiger partial charge in [0.25, 0.3) is 0 Å². The van der Waals surface area contributed by atoms with Crippen LogP contribution in [0.3, 0.4) is 0 Å². The zero-order chi connectivity index (χ0) is 14.8. The van der Waals surface area contributed by atoms with Crippen molar-refractivity contribution >= 4 is 11.6 Å². The highest BCUT2D eigenvalue weighted by Crippen LogP contribution is 2.26. The van der Waals surface area contributed by atoms with Gasteiger partial charge >= 0.3 is 0 Å². The Kier molecular flexibility index (Phi) is 4.27. The van der Waals surface area contributed by atoms with E-state index in [1.54, 1.807) is 0 Å². The molecule has 1 amide bonds. The number of hydrogen-bond donors (Lipinski definition) is 2. The number of nitrogens with one attached hydrogen (secondary N) is 2. The summed E-state index contributed by atoms with van der Waals surface area (Å²) in [5.74, 6) is 1.59. The Balaban J connectivity index is 1.60. The Bertz CT molecular complexity index is 517. The van der Waals surface area contributed by atoms with E-state index in [9.17, 15) is 4.79 Å². The summed E-state index contributed by atoms with van der Waals surface area (Å²) in [6.07, 6.45) is 0.941. The highest BCUT2D eigenvalue weighted by molar-refractivity contribution is 5.93. The monoisotopic (exact) mass is 287 g/mol. The first-order chi connectivity index (χ1) is 10.2. The van der Waals surface area contributed by atoms with Gasteiger partial charge in [-0.05, 0) is 49.4 Å². The molecule has 0 aromatic heterocycles. The van der Waals surface area contributed by atoms with E-state index >= 15 is 0 Å². The number of likely N-dealkylation sites (tertiary alicyclic amines) is 1. The summed E-state index contributed by atoms with van der Waals surface area (Å²) in [7, 11) is 0. The summed E-state index contributed by atoms with van der Waals surface area (Å²) in [5, 5.41) is 6.56. The molecular formula is C17H25N3O. The third-order valence-corrected chi connectivity index (χ3v) is 4.84. The molecule has 4 heteroatoms. The Morgan fingerprint density at radius 3 is 2.71 bits per heavy atom. The number of benzene rings is 1. The van der Waals surface area contributed by atoms with Crippen LogP contribution in [0.15, 0.2) is 18.2 Å². The highest BCUT2D eigenvalue weighted by Gasteiger charge is 2.36. The van der Waals surface area contributed by atoms with Gasteiger partial charge in [0.15, 0.2) is 0 Å². The third-order valence-electron chi connectivity index (χ3n) is 4.84. The van der Waals surface area contributed by atoms with Crippen LogP contribution < -0.4 is 10.6 Å². The zero-order valence-electron chi connectivity index (χ0n) is 13.0. The molecule has 2 aliphatic rings. The second-order valence-electron chi connectivity index (χ2n) is 6.38. The van der Waals surface area contributed by atoms with Crippen LogP contribution >= 0.6 is 0 Å². The maximum absolute atomic E-state index is 12.3. The SMILES string of the molecule is CCc1cccc(C)c1NC(=O)CN1CC2CNCC2C1. The van der Waals surface area contributed by atoms with Crippen molar-refractivity contribution in [1.29, 1.82) is 0 Å². The molecule has 2 aliphatic heterocycles. The number of carbonyl (C=O) groups is 1. The Hall–Kier alpha value is -1.39. The number of nitrogens with zero attached hydrogens (tertiary/aromatic N) is 1. The van der Waals surface area contributed by atoms with Crippen molar-refractivity contribution in [3.8, 4) is 0 Å². The van der Waals surface area contributed by atoms with Crippen molar-refractivity contribution < 1.29 is 4.79 Å². The molecule has 2 saturated heterocycles. The predicted octanol–water partition coefficient (Wildman–Crippen LogP) is 1.65. The molecule has 21 heavy (non-hydrogen) atoms. The average molecular weight is 287 g/mol. The lowest BCUT2D eigenvalue weighted by Crippen LogP contribution is -2.34. The van der Waals surface area contributed by atoms with E-state index in [0.717, 1.165) is 55.7 Å². The van der Waals surface area contributed by atoms with Crippen molar-refractivity contribution in [2.24, 2.45) is 11.8 Å². The lowest BCUT2D eigenvalue weighted by Gasteiger charge is -2.18. The summed E-state index contributed by atoms with van der Waals surface area (Å²) in [6, 6.07) is 6.20. The number of amides is 1. The molecule has 3 rings (SSSR count). The molecule has 2 atom stereocenters. The number of aryl methyl sites for hydroxylation is 2. The maximum Gasteiger partial charge on any atom is 0.238 e. The van der Waals surface area contributed by atoms with Crippen LogP contribution in [0.4, 0.5) is 5.69 Å². The Morgan fingerprint density at radius 1 is 1.33 bits per heavy atom. The van der Waals surface area contributed by atoms with Crippen LogP contribution in [0, 0.1) is 18.8 Å². The molecule has 4 nitrogen and oxygen atoms in total. The first-order valence-electron chi connectivity index (χ1n) is 7.98. The lowest BCUT2D eigenvalue weighted by atomic mass is 10.0. The first-order valence-corrected chi connectivity index (χ1v) is 7.98. The molecule has 1 aromatic rings. The van der Waals surface area contributed by atoms with Gasteiger partial charge in [-0.15, -0.1) is 0 Å². The molecular weight excluding hydrogens is 262 g/mol. The van der Waals surface area contributed by atoms with Gasteiger partial charge in [0, 0.05) is 18.8 Å². The molecule has 2 unspecified atom stereocenters. The predicted molar refractivity (Wildman–Crippen MR) is 85.5 cm³/mol. The maximum atomic E-state index is 12.3. The van der Waals surface area contributed by atoms with Crippen LogP contribution in [0.2, 0.25) is 0 Å². The van der Waals surface area contributed by atoms with Crippen LogP contribution in [0.1, 0.15) is 18.1 Å². The van der Waals surface area contributed by atoms with E-state index in [1.807, 2.05) is 0 Å². The van der Waals surface area contributed by atoms with Gasteiger partial charge in [0.1, 0.15) is 0 Å². The minimum atomic E-state index is 0.118. The molecule has 2 heterocycles. The summed E-state index contributed by atoms with van der Waals surface area (Å²) in [4.78, 5) is 14.6. The summed E-state index contributed by atoms with van der Waals surface area (Å²) in [6.45, 7) is 9.03. The van der Waals surface area contributed by atoms with Crippen molar-refractivity contribution in [2.45, 2.75) is 20.3 Å². The number of rotatable bonds is 4. The number of fused-ring (bicyclic) bond motifs is 1. The number of hydrogen-bond acceptors (Lipinski definition) is 3. The quantitative estimate of drug-likeness (QED) is 0.885. The fourth-order valence-electron chi connectivity index (χ4n) is 3.67. The molecule has 2 fully saturated rings. The fourth-order valence-corrected chi connectivity index (χ4v) is 3.67. The third kappa shape index (κ3) is 3.11. The number of anilines is 1. The van der Waals surface area contributed by atoms with E-state index in [2.05, 4.69) is 47.6 Å². The molecule has 0 radical (unpaired) electrons. The standard InChI is InChI=1S/C17H25N3O/c1-3-13-6-4-5-12(2)17(13)19-16(21)11-20-9-14-7-18-8-15(14)10-20/h4-6,14-15,18H,3,7-11H2,1-2H3,(H,19,21). The van der Waals surface area contributed by atoms with Crippen molar-refractivity contribution in [3.63, 3.8) is 0 Å². The van der Waals surface area contributed by atoms with Gasteiger partial charge in [-0.1, -0.05) is 25.1 Å². The van der Waals surface area contributed by atoms with Crippen molar-refractivity contribution in [3.05, 3.63) is 29.3 Å². The van der Waals surface area contributed by atoms with E-state index in [1.165, 1.54) is 5.56 Å². The average Bonchev–Trinajstić information content (AvgIpc) is 3.02. The van der Waals surface area contributed by atoms with Gasteiger partial charge in [0.05, 0.1) is 6.54 Å². The van der Waals surface area contributed by atoms with Crippen LogP contribution in [0.25, 0.3) is 0 Å². The minimum Gasteiger partial charge on any atom is -0.324 e. The first kappa shape index (κ1) is 14.5. The molecule has 1 aromatic carbocycles. The lowest BCUT2D eigenvalue weighted by molar-refractivity contribution is -0.117. The van der Waals surface area contributed by atoms with Crippen LogP contribution in [-0.4, -0.2) is 43.5 Å². The molecule has 0 saturated carbocycles. The fraction of sp³-hybridized carbons (Fsp3) is 0.588. The number of para-hydroxylation sites is 1. The molecule has 0 aliphatic carbocycles.